The quantitative estimate of drug-likeness (QED) is 0.234. The zero-order valence-corrected chi connectivity index (χ0v) is 21.8. The lowest BCUT2D eigenvalue weighted by molar-refractivity contribution is 0.669. The molecule has 8 rings (SSSR count). The van der Waals surface area contributed by atoms with Crippen molar-refractivity contribution in [2.75, 3.05) is 4.90 Å². The number of benzene rings is 7. The predicted molar refractivity (Wildman–Crippen MR) is 169 cm³/mol. The monoisotopic (exact) mass is 511 g/mol. The second-order valence-corrected chi connectivity index (χ2v) is 10.2. The molecule has 0 radical (unpaired) electrons. The van der Waals surface area contributed by atoms with Gasteiger partial charge in [0, 0.05) is 27.8 Å². The van der Waals surface area contributed by atoms with Crippen LogP contribution < -0.4 is 4.90 Å². The standard InChI is InChI=1S/C38H25NO/c1-2-10-31(11-3-1)39(33-21-16-26-8-4-5-9-28(26)25-33)32-19-14-27(15-20-32)29-17-22-34-30(24-29)18-23-37-38(34)35-12-6-7-13-36(35)40-37/h1-25H. The van der Waals surface area contributed by atoms with Crippen LogP contribution in [0.25, 0.3) is 54.6 Å². The van der Waals surface area contributed by atoms with Crippen LogP contribution in [0.3, 0.4) is 0 Å². The van der Waals surface area contributed by atoms with Gasteiger partial charge in [-0.25, -0.2) is 0 Å². The maximum atomic E-state index is 6.10. The SMILES string of the molecule is c1ccc(N(c2ccc(-c3ccc4c(ccc5oc6ccccc6c54)c3)cc2)c2ccc3ccccc3c2)cc1. The Morgan fingerprint density at radius 2 is 1.05 bits per heavy atom. The average Bonchev–Trinajstić information content (AvgIpc) is 3.41. The van der Waals surface area contributed by atoms with Gasteiger partial charge in [0.1, 0.15) is 11.2 Å². The molecule has 0 aliphatic rings. The average molecular weight is 512 g/mol. The highest BCUT2D eigenvalue weighted by atomic mass is 16.3. The Labute approximate surface area is 232 Å². The number of para-hydroxylation sites is 2. The predicted octanol–water partition coefficient (Wildman–Crippen LogP) is 11.0. The van der Waals surface area contributed by atoms with Crippen molar-refractivity contribution in [2.45, 2.75) is 0 Å². The molecule has 188 valence electrons. The van der Waals surface area contributed by atoms with Crippen LogP contribution in [0.5, 0.6) is 0 Å². The van der Waals surface area contributed by atoms with Gasteiger partial charge in [-0.3, -0.25) is 0 Å². The van der Waals surface area contributed by atoms with Gasteiger partial charge in [-0.1, -0.05) is 97.1 Å². The van der Waals surface area contributed by atoms with Gasteiger partial charge in [0.2, 0.25) is 0 Å². The molecule has 40 heavy (non-hydrogen) atoms. The minimum absolute atomic E-state index is 0.930. The molecule has 7 aromatic carbocycles. The van der Waals surface area contributed by atoms with Gasteiger partial charge in [-0.05, 0) is 87.3 Å². The van der Waals surface area contributed by atoms with Crippen LogP contribution in [0.2, 0.25) is 0 Å². The summed E-state index contributed by atoms with van der Waals surface area (Å²) in [6.45, 7) is 0. The molecule has 2 nitrogen and oxygen atoms in total. The minimum atomic E-state index is 0.930. The summed E-state index contributed by atoms with van der Waals surface area (Å²) in [5.74, 6) is 0. The van der Waals surface area contributed by atoms with E-state index in [-0.39, 0.29) is 0 Å². The molecule has 1 aromatic heterocycles. The molecule has 8 aromatic rings. The number of furan rings is 1. The van der Waals surface area contributed by atoms with E-state index in [2.05, 4.69) is 144 Å². The number of hydrogen-bond donors (Lipinski definition) is 0. The van der Waals surface area contributed by atoms with Gasteiger partial charge in [-0.2, -0.15) is 0 Å². The molecule has 0 amide bonds. The Kier molecular flexibility index (Phi) is 5.17. The van der Waals surface area contributed by atoms with Crippen molar-refractivity contribution in [1.82, 2.24) is 0 Å². The summed E-state index contributed by atoms with van der Waals surface area (Å²) in [6.07, 6.45) is 0. The van der Waals surface area contributed by atoms with E-state index in [4.69, 9.17) is 4.42 Å². The van der Waals surface area contributed by atoms with Crippen molar-refractivity contribution in [1.29, 1.82) is 0 Å². The normalized spacial score (nSPS) is 11.5. The summed E-state index contributed by atoms with van der Waals surface area (Å²) >= 11 is 0. The summed E-state index contributed by atoms with van der Waals surface area (Å²) in [5.41, 5.74) is 7.64. The number of nitrogens with zero attached hydrogens (tertiary/aromatic N) is 1. The molecule has 0 N–H and O–H groups in total. The first-order valence-electron chi connectivity index (χ1n) is 13.6. The fraction of sp³-hybridized carbons (Fsp3) is 0. The highest BCUT2D eigenvalue weighted by Crippen LogP contribution is 2.39. The zero-order chi connectivity index (χ0) is 26.5. The number of fused-ring (bicyclic) bond motifs is 6. The highest BCUT2D eigenvalue weighted by Gasteiger charge is 2.14. The molecule has 0 aliphatic carbocycles. The largest absolute Gasteiger partial charge is 0.456 e. The summed E-state index contributed by atoms with van der Waals surface area (Å²) in [5, 5.41) is 7.25. The third-order valence-corrected chi connectivity index (χ3v) is 7.82. The Balaban J connectivity index is 1.20. The number of anilines is 3. The van der Waals surface area contributed by atoms with Crippen LogP contribution in [-0.4, -0.2) is 0 Å². The molecule has 0 aliphatic heterocycles. The van der Waals surface area contributed by atoms with Gasteiger partial charge in [0.25, 0.3) is 0 Å². The van der Waals surface area contributed by atoms with Gasteiger partial charge >= 0.3 is 0 Å². The van der Waals surface area contributed by atoms with Crippen molar-refractivity contribution in [2.24, 2.45) is 0 Å². The molecule has 0 atom stereocenters. The molecule has 0 unspecified atom stereocenters. The van der Waals surface area contributed by atoms with Crippen LogP contribution >= 0.6 is 0 Å². The maximum Gasteiger partial charge on any atom is 0.136 e. The lowest BCUT2D eigenvalue weighted by Gasteiger charge is -2.26. The van der Waals surface area contributed by atoms with Crippen LogP contribution in [-0.2, 0) is 0 Å². The lowest BCUT2D eigenvalue weighted by Crippen LogP contribution is -2.09. The third-order valence-electron chi connectivity index (χ3n) is 7.82. The molecule has 0 bridgehead atoms. The first-order chi connectivity index (χ1) is 19.8. The van der Waals surface area contributed by atoms with Crippen LogP contribution in [0.15, 0.2) is 156 Å². The second-order valence-electron chi connectivity index (χ2n) is 10.2. The number of rotatable bonds is 4. The van der Waals surface area contributed by atoms with Crippen molar-refractivity contribution < 1.29 is 4.42 Å². The highest BCUT2D eigenvalue weighted by molar-refractivity contribution is 6.19. The summed E-state index contributed by atoms with van der Waals surface area (Å²) in [7, 11) is 0. The Morgan fingerprint density at radius 1 is 0.375 bits per heavy atom. The molecular formula is C38H25NO. The second kappa shape index (κ2) is 9.14. The molecule has 0 saturated heterocycles. The molecule has 0 saturated carbocycles. The van der Waals surface area contributed by atoms with E-state index >= 15 is 0 Å². The first-order valence-corrected chi connectivity index (χ1v) is 13.6. The van der Waals surface area contributed by atoms with Gasteiger partial charge in [0.05, 0.1) is 0 Å². The van der Waals surface area contributed by atoms with E-state index in [0.29, 0.717) is 0 Å². The Hall–Kier alpha value is -5.34. The van der Waals surface area contributed by atoms with E-state index in [0.717, 1.165) is 33.6 Å². The third kappa shape index (κ3) is 3.73. The van der Waals surface area contributed by atoms with Crippen LogP contribution in [0.4, 0.5) is 17.1 Å². The smallest absolute Gasteiger partial charge is 0.136 e. The van der Waals surface area contributed by atoms with E-state index in [9.17, 15) is 0 Å². The Morgan fingerprint density at radius 3 is 1.93 bits per heavy atom. The lowest BCUT2D eigenvalue weighted by atomic mass is 9.98. The van der Waals surface area contributed by atoms with Gasteiger partial charge in [-0.15, -0.1) is 0 Å². The van der Waals surface area contributed by atoms with E-state index < -0.39 is 0 Å². The van der Waals surface area contributed by atoms with Crippen LogP contribution in [0, 0.1) is 0 Å². The van der Waals surface area contributed by atoms with E-state index in [1.165, 1.54) is 38.1 Å². The molecule has 0 fully saturated rings. The van der Waals surface area contributed by atoms with Crippen molar-refractivity contribution in [3.63, 3.8) is 0 Å². The van der Waals surface area contributed by atoms with Crippen molar-refractivity contribution in [3.8, 4) is 11.1 Å². The summed E-state index contributed by atoms with van der Waals surface area (Å²) < 4.78 is 6.10. The molecule has 1 heterocycles. The van der Waals surface area contributed by atoms with E-state index in [1.807, 2.05) is 12.1 Å². The maximum absolute atomic E-state index is 6.10. The van der Waals surface area contributed by atoms with Crippen molar-refractivity contribution >= 4 is 60.5 Å². The Bertz CT molecular complexity index is 2160. The van der Waals surface area contributed by atoms with Gasteiger partial charge < -0.3 is 9.32 Å². The van der Waals surface area contributed by atoms with Crippen LogP contribution in [0.1, 0.15) is 0 Å². The fourth-order valence-corrected chi connectivity index (χ4v) is 5.88. The summed E-state index contributed by atoms with van der Waals surface area (Å²) in [6, 6.07) is 53.9. The minimum Gasteiger partial charge on any atom is -0.456 e. The molecule has 2 heteroatoms. The van der Waals surface area contributed by atoms with Gasteiger partial charge in [0.15, 0.2) is 0 Å². The molecular weight excluding hydrogens is 486 g/mol. The first kappa shape index (κ1) is 22.6. The molecule has 0 spiro atoms. The topological polar surface area (TPSA) is 16.4 Å². The van der Waals surface area contributed by atoms with Crippen molar-refractivity contribution in [3.05, 3.63) is 152 Å². The zero-order valence-electron chi connectivity index (χ0n) is 21.8. The fourth-order valence-electron chi connectivity index (χ4n) is 5.88. The number of hydrogen-bond acceptors (Lipinski definition) is 2. The summed E-state index contributed by atoms with van der Waals surface area (Å²) in [4.78, 5) is 2.32. The van der Waals surface area contributed by atoms with E-state index in [1.54, 1.807) is 0 Å².